The van der Waals surface area contributed by atoms with Gasteiger partial charge in [-0.25, -0.2) is 0 Å². The first-order chi connectivity index (χ1) is 9.76. The molecule has 112 valence electrons. The number of hydrogen-bond donors (Lipinski definition) is 1. The van der Waals surface area contributed by atoms with Crippen molar-refractivity contribution in [3.8, 4) is 0 Å². The predicted octanol–water partition coefficient (Wildman–Crippen LogP) is 4.27. The van der Waals surface area contributed by atoms with Gasteiger partial charge < -0.3 is 5.32 Å². The topological polar surface area (TPSA) is 29.1 Å². The van der Waals surface area contributed by atoms with E-state index in [1.54, 1.807) is 0 Å². The standard InChI is InChI=1S/C18H29NO/c1-3-5-6-7-8-9-10-16-11-13-17(14-12-16)15-18(20)19-4-2/h11-14H,3-10,15H2,1-2H3,(H,19,20). The molecule has 1 aromatic rings. The molecule has 0 aromatic heterocycles. The fourth-order valence-corrected chi connectivity index (χ4v) is 2.38. The van der Waals surface area contributed by atoms with Crippen LogP contribution in [-0.2, 0) is 17.6 Å². The minimum atomic E-state index is 0.108. The Hall–Kier alpha value is -1.31. The fourth-order valence-electron chi connectivity index (χ4n) is 2.38. The van der Waals surface area contributed by atoms with Crippen molar-refractivity contribution >= 4 is 5.91 Å². The summed E-state index contributed by atoms with van der Waals surface area (Å²) < 4.78 is 0. The first-order valence-electron chi connectivity index (χ1n) is 8.10. The van der Waals surface area contributed by atoms with Crippen LogP contribution in [0.1, 0.15) is 63.5 Å². The van der Waals surface area contributed by atoms with E-state index in [9.17, 15) is 4.79 Å². The number of rotatable bonds is 10. The average molecular weight is 275 g/mol. The number of aryl methyl sites for hydroxylation is 1. The minimum Gasteiger partial charge on any atom is -0.356 e. The first-order valence-corrected chi connectivity index (χ1v) is 8.10. The van der Waals surface area contributed by atoms with Gasteiger partial charge in [-0.15, -0.1) is 0 Å². The molecule has 0 atom stereocenters. The quantitative estimate of drug-likeness (QED) is 0.635. The van der Waals surface area contributed by atoms with Gasteiger partial charge in [0.05, 0.1) is 6.42 Å². The number of hydrogen-bond acceptors (Lipinski definition) is 1. The molecule has 1 aromatic carbocycles. The van der Waals surface area contributed by atoms with Crippen molar-refractivity contribution in [2.75, 3.05) is 6.54 Å². The Labute approximate surface area is 124 Å². The maximum Gasteiger partial charge on any atom is 0.224 e. The van der Waals surface area contributed by atoms with E-state index in [4.69, 9.17) is 0 Å². The predicted molar refractivity (Wildman–Crippen MR) is 85.9 cm³/mol. The van der Waals surface area contributed by atoms with Gasteiger partial charge in [0.2, 0.25) is 5.91 Å². The van der Waals surface area contributed by atoms with Gasteiger partial charge in [-0.05, 0) is 30.9 Å². The molecule has 0 aliphatic carbocycles. The Morgan fingerprint density at radius 1 is 0.900 bits per heavy atom. The number of benzene rings is 1. The van der Waals surface area contributed by atoms with Crippen LogP contribution in [-0.4, -0.2) is 12.5 Å². The lowest BCUT2D eigenvalue weighted by atomic mass is 10.0. The number of likely N-dealkylation sites (N-methyl/N-ethyl adjacent to an activating group) is 1. The van der Waals surface area contributed by atoms with E-state index in [-0.39, 0.29) is 5.91 Å². The van der Waals surface area contributed by atoms with E-state index in [1.807, 2.05) is 6.92 Å². The molecule has 1 N–H and O–H groups in total. The van der Waals surface area contributed by atoms with E-state index in [2.05, 4.69) is 36.5 Å². The van der Waals surface area contributed by atoms with Crippen molar-refractivity contribution in [3.05, 3.63) is 35.4 Å². The van der Waals surface area contributed by atoms with Crippen molar-refractivity contribution in [2.45, 2.75) is 65.2 Å². The molecule has 0 aliphatic heterocycles. The highest BCUT2D eigenvalue weighted by Crippen LogP contribution is 2.11. The van der Waals surface area contributed by atoms with Crippen molar-refractivity contribution in [1.82, 2.24) is 5.32 Å². The van der Waals surface area contributed by atoms with Crippen LogP contribution in [0.25, 0.3) is 0 Å². The van der Waals surface area contributed by atoms with E-state index in [0.29, 0.717) is 13.0 Å². The molecule has 0 saturated carbocycles. The lowest BCUT2D eigenvalue weighted by Crippen LogP contribution is -2.24. The molecule has 1 rings (SSSR count). The van der Waals surface area contributed by atoms with Crippen LogP contribution in [0.2, 0.25) is 0 Å². The molecule has 0 saturated heterocycles. The Morgan fingerprint density at radius 2 is 1.50 bits per heavy atom. The summed E-state index contributed by atoms with van der Waals surface area (Å²) in [4.78, 5) is 11.5. The summed E-state index contributed by atoms with van der Waals surface area (Å²) in [5.74, 6) is 0.108. The van der Waals surface area contributed by atoms with Gasteiger partial charge in [0.15, 0.2) is 0 Å². The van der Waals surface area contributed by atoms with Crippen LogP contribution in [0.15, 0.2) is 24.3 Å². The number of nitrogens with one attached hydrogen (secondary N) is 1. The second kappa shape index (κ2) is 10.5. The van der Waals surface area contributed by atoms with E-state index < -0.39 is 0 Å². The Bertz CT molecular complexity index is 370. The third-order valence-electron chi connectivity index (χ3n) is 3.58. The number of carbonyl (C=O) groups excluding carboxylic acids is 1. The summed E-state index contributed by atoms with van der Waals surface area (Å²) >= 11 is 0. The molecule has 0 radical (unpaired) electrons. The normalized spacial score (nSPS) is 10.5. The third kappa shape index (κ3) is 7.32. The van der Waals surface area contributed by atoms with E-state index >= 15 is 0 Å². The van der Waals surface area contributed by atoms with Crippen molar-refractivity contribution in [3.63, 3.8) is 0 Å². The molecule has 20 heavy (non-hydrogen) atoms. The largest absolute Gasteiger partial charge is 0.356 e. The third-order valence-corrected chi connectivity index (χ3v) is 3.58. The first kappa shape index (κ1) is 16.7. The monoisotopic (exact) mass is 275 g/mol. The highest BCUT2D eigenvalue weighted by molar-refractivity contribution is 5.78. The summed E-state index contributed by atoms with van der Waals surface area (Å²) in [7, 11) is 0. The minimum absolute atomic E-state index is 0.108. The highest BCUT2D eigenvalue weighted by Gasteiger charge is 2.01. The van der Waals surface area contributed by atoms with Crippen molar-refractivity contribution < 1.29 is 4.79 Å². The van der Waals surface area contributed by atoms with Crippen LogP contribution in [0.3, 0.4) is 0 Å². The zero-order valence-electron chi connectivity index (χ0n) is 13.1. The maximum absolute atomic E-state index is 11.5. The van der Waals surface area contributed by atoms with Crippen LogP contribution < -0.4 is 5.32 Å². The maximum atomic E-state index is 11.5. The highest BCUT2D eigenvalue weighted by atomic mass is 16.1. The van der Waals surface area contributed by atoms with Crippen LogP contribution in [0.5, 0.6) is 0 Å². The molecule has 1 amide bonds. The second-order valence-electron chi connectivity index (χ2n) is 5.46. The van der Waals surface area contributed by atoms with Gasteiger partial charge in [-0.3, -0.25) is 4.79 Å². The van der Waals surface area contributed by atoms with Gasteiger partial charge in [-0.1, -0.05) is 63.3 Å². The van der Waals surface area contributed by atoms with Gasteiger partial charge in [0, 0.05) is 6.54 Å². The molecule has 2 heteroatoms. The summed E-state index contributed by atoms with van der Waals surface area (Å²) in [5, 5.41) is 2.83. The average Bonchev–Trinajstić information content (AvgIpc) is 2.45. The van der Waals surface area contributed by atoms with E-state index in [1.165, 1.54) is 44.1 Å². The molecule has 0 spiro atoms. The molecule has 0 fully saturated rings. The zero-order chi connectivity index (χ0) is 14.6. The molecule has 2 nitrogen and oxygen atoms in total. The SMILES string of the molecule is CCCCCCCCc1ccc(CC(=O)NCC)cc1. The fraction of sp³-hybridized carbons (Fsp3) is 0.611. The van der Waals surface area contributed by atoms with Gasteiger partial charge in [0.1, 0.15) is 0 Å². The molecule has 0 heterocycles. The smallest absolute Gasteiger partial charge is 0.224 e. The second-order valence-corrected chi connectivity index (χ2v) is 5.46. The Morgan fingerprint density at radius 3 is 2.15 bits per heavy atom. The molecular weight excluding hydrogens is 246 g/mol. The summed E-state index contributed by atoms with van der Waals surface area (Å²) in [5.41, 5.74) is 2.49. The lowest BCUT2D eigenvalue weighted by Gasteiger charge is -2.05. The lowest BCUT2D eigenvalue weighted by molar-refractivity contribution is -0.120. The Balaban J connectivity index is 2.23. The molecule has 0 aliphatic rings. The van der Waals surface area contributed by atoms with Crippen molar-refractivity contribution in [2.24, 2.45) is 0 Å². The summed E-state index contributed by atoms with van der Waals surface area (Å²) in [6.07, 6.45) is 9.69. The Kier molecular flexibility index (Phi) is 8.77. The molecule has 0 unspecified atom stereocenters. The molecule has 0 bridgehead atoms. The van der Waals surface area contributed by atoms with Crippen LogP contribution in [0, 0.1) is 0 Å². The van der Waals surface area contributed by atoms with Gasteiger partial charge in [-0.2, -0.15) is 0 Å². The van der Waals surface area contributed by atoms with Gasteiger partial charge >= 0.3 is 0 Å². The van der Waals surface area contributed by atoms with Crippen molar-refractivity contribution in [1.29, 1.82) is 0 Å². The number of carbonyl (C=O) groups is 1. The summed E-state index contributed by atoms with van der Waals surface area (Å²) in [6.45, 7) is 4.90. The van der Waals surface area contributed by atoms with Gasteiger partial charge in [0.25, 0.3) is 0 Å². The zero-order valence-corrected chi connectivity index (χ0v) is 13.1. The summed E-state index contributed by atoms with van der Waals surface area (Å²) in [6, 6.07) is 8.50. The number of unbranched alkanes of at least 4 members (excludes halogenated alkanes) is 5. The van der Waals surface area contributed by atoms with Crippen LogP contribution in [0.4, 0.5) is 0 Å². The van der Waals surface area contributed by atoms with Crippen LogP contribution >= 0.6 is 0 Å². The van der Waals surface area contributed by atoms with E-state index in [0.717, 1.165) is 12.0 Å². The number of amides is 1. The molecular formula is C18H29NO.